The van der Waals surface area contributed by atoms with Gasteiger partial charge in [0, 0.05) is 31.9 Å². The second-order valence-electron chi connectivity index (χ2n) is 3.91. The van der Waals surface area contributed by atoms with Crippen LogP contribution in [0.4, 0.5) is 0 Å². The number of nitrogens with one attached hydrogen (secondary N) is 2. The molecule has 1 heterocycles. The molecule has 0 unspecified atom stereocenters. The van der Waals surface area contributed by atoms with Crippen molar-refractivity contribution >= 4 is 29.9 Å². The van der Waals surface area contributed by atoms with Crippen LogP contribution in [-0.2, 0) is 6.54 Å². The molecule has 112 valence electrons. The molecule has 0 saturated carbocycles. The number of aliphatic imine (C=N–C) groups is 1. The Morgan fingerprint density at radius 2 is 2.30 bits per heavy atom. The fourth-order valence-electron chi connectivity index (χ4n) is 1.46. The zero-order chi connectivity index (χ0) is 13.9. The first-order valence-electron chi connectivity index (χ1n) is 6.44. The van der Waals surface area contributed by atoms with Gasteiger partial charge in [-0.1, -0.05) is 19.1 Å². The van der Waals surface area contributed by atoms with Crippen molar-refractivity contribution < 1.29 is 4.74 Å². The monoisotopic (exact) mass is 390 g/mol. The first-order valence-corrected chi connectivity index (χ1v) is 6.44. The van der Waals surface area contributed by atoms with E-state index in [1.165, 1.54) is 0 Å². The Morgan fingerprint density at radius 1 is 1.50 bits per heavy atom. The third-order valence-electron chi connectivity index (χ3n) is 2.38. The van der Waals surface area contributed by atoms with Crippen molar-refractivity contribution in [2.75, 3.05) is 20.2 Å². The number of guanidine groups is 1. The number of hydrogen-bond acceptors (Lipinski definition) is 3. The minimum absolute atomic E-state index is 0. The van der Waals surface area contributed by atoms with E-state index in [4.69, 9.17) is 4.74 Å². The van der Waals surface area contributed by atoms with Gasteiger partial charge in [0.2, 0.25) is 5.88 Å². The molecule has 0 amide bonds. The van der Waals surface area contributed by atoms with Gasteiger partial charge in [-0.25, -0.2) is 4.98 Å². The molecule has 0 aromatic carbocycles. The first kappa shape index (κ1) is 18.7. The van der Waals surface area contributed by atoms with Crippen LogP contribution in [0.25, 0.3) is 0 Å². The van der Waals surface area contributed by atoms with E-state index >= 15 is 0 Å². The minimum Gasteiger partial charge on any atom is -0.477 e. The molecule has 20 heavy (non-hydrogen) atoms. The molecule has 0 aliphatic carbocycles. The maximum Gasteiger partial charge on any atom is 0.218 e. The summed E-state index contributed by atoms with van der Waals surface area (Å²) in [5.41, 5.74) is 1.01. The molecule has 0 atom stereocenters. The van der Waals surface area contributed by atoms with Gasteiger partial charge in [0.05, 0.1) is 6.61 Å². The molecular formula is C14H23IN4O. The lowest BCUT2D eigenvalue weighted by Crippen LogP contribution is -2.36. The van der Waals surface area contributed by atoms with Crippen molar-refractivity contribution in [1.29, 1.82) is 0 Å². The summed E-state index contributed by atoms with van der Waals surface area (Å²) in [7, 11) is 1.73. The van der Waals surface area contributed by atoms with E-state index in [1.54, 1.807) is 19.3 Å². The Kier molecular flexibility index (Phi) is 10.8. The van der Waals surface area contributed by atoms with Crippen molar-refractivity contribution in [2.45, 2.75) is 19.9 Å². The van der Waals surface area contributed by atoms with Crippen LogP contribution in [0.2, 0.25) is 0 Å². The number of ether oxygens (including phenoxy) is 1. The summed E-state index contributed by atoms with van der Waals surface area (Å²) in [4.78, 5) is 8.36. The number of nitrogens with zero attached hydrogens (tertiary/aromatic N) is 2. The van der Waals surface area contributed by atoms with Crippen LogP contribution in [-0.4, -0.2) is 31.1 Å². The molecule has 0 fully saturated rings. The number of aromatic nitrogens is 1. The molecule has 5 nitrogen and oxygen atoms in total. The van der Waals surface area contributed by atoms with Crippen LogP contribution in [0.1, 0.15) is 18.9 Å². The highest BCUT2D eigenvalue weighted by Gasteiger charge is 2.05. The lowest BCUT2D eigenvalue weighted by atomic mass is 10.2. The lowest BCUT2D eigenvalue weighted by molar-refractivity contribution is 0.301. The summed E-state index contributed by atoms with van der Waals surface area (Å²) >= 11 is 0. The predicted octanol–water partition coefficient (Wildman–Crippen LogP) is 2.34. The number of hydrogen-bond donors (Lipinski definition) is 2. The Labute approximate surface area is 137 Å². The van der Waals surface area contributed by atoms with Gasteiger partial charge < -0.3 is 15.4 Å². The van der Waals surface area contributed by atoms with Gasteiger partial charge in [-0.15, -0.1) is 30.6 Å². The average molecular weight is 390 g/mol. The van der Waals surface area contributed by atoms with E-state index in [9.17, 15) is 0 Å². The smallest absolute Gasteiger partial charge is 0.218 e. The first-order chi connectivity index (χ1) is 9.31. The van der Waals surface area contributed by atoms with Crippen LogP contribution in [0, 0.1) is 0 Å². The molecule has 0 aliphatic heterocycles. The van der Waals surface area contributed by atoms with Crippen LogP contribution in [0.3, 0.4) is 0 Å². The van der Waals surface area contributed by atoms with Gasteiger partial charge in [0.1, 0.15) is 0 Å². The zero-order valence-electron chi connectivity index (χ0n) is 12.1. The minimum atomic E-state index is 0. The van der Waals surface area contributed by atoms with Crippen LogP contribution < -0.4 is 15.4 Å². The SMILES string of the molecule is C=CCNC(=NC)NCc1cccnc1OCCC.I. The maximum atomic E-state index is 5.61. The molecule has 0 bridgehead atoms. The van der Waals surface area contributed by atoms with Crippen molar-refractivity contribution in [3.05, 3.63) is 36.5 Å². The van der Waals surface area contributed by atoms with Gasteiger partial charge in [0.25, 0.3) is 0 Å². The molecule has 0 spiro atoms. The summed E-state index contributed by atoms with van der Waals surface area (Å²) in [6.07, 6.45) is 4.48. The summed E-state index contributed by atoms with van der Waals surface area (Å²) in [5, 5.41) is 6.32. The summed E-state index contributed by atoms with van der Waals surface area (Å²) < 4.78 is 5.61. The van der Waals surface area contributed by atoms with Crippen molar-refractivity contribution in [3.8, 4) is 5.88 Å². The predicted molar refractivity (Wildman–Crippen MR) is 93.8 cm³/mol. The van der Waals surface area contributed by atoms with Crippen LogP contribution in [0.5, 0.6) is 5.88 Å². The highest BCUT2D eigenvalue weighted by Crippen LogP contribution is 2.13. The Morgan fingerprint density at radius 3 is 2.95 bits per heavy atom. The van der Waals surface area contributed by atoms with Gasteiger partial charge in [-0.2, -0.15) is 0 Å². The van der Waals surface area contributed by atoms with E-state index in [1.807, 2.05) is 12.1 Å². The molecule has 1 aromatic heterocycles. The molecule has 6 heteroatoms. The Hall–Kier alpha value is -1.31. The summed E-state index contributed by atoms with van der Waals surface area (Å²) in [5.74, 6) is 1.40. The van der Waals surface area contributed by atoms with Crippen LogP contribution >= 0.6 is 24.0 Å². The third kappa shape index (κ3) is 6.74. The van der Waals surface area contributed by atoms with Gasteiger partial charge in [-0.05, 0) is 12.5 Å². The summed E-state index contributed by atoms with van der Waals surface area (Å²) in [6, 6.07) is 3.89. The summed E-state index contributed by atoms with van der Waals surface area (Å²) in [6.45, 7) is 7.69. The normalized spacial score (nSPS) is 10.4. The lowest BCUT2D eigenvalue weighted by Gasteiger charge is -2.13. The van der Waals surface area contributed by atoms with Crippen LogP contribution in [0.15, 0.2) is 36.0 Å². The topological polar surface area (TPSA) is 58.5 Å². The van der Waals surface area contributed by atoms with E-state index in [0.29, 0.717) is 25.6 Å². The highest BCUT2D eigenvalue weighted by molar-refractivity contribution is 14.0. The molecule has 0 aliphatic rings. The number of halogens is 1. The van der Waals surface area contributed by atoms with Crippen molar-refractivity contribution in [1.82, 2.24) is 15.6 Å². The van der Waals surface area contributed by atoms with Gasteiger partial charge >= 0.3 is 0 Å². The second-order valence-corrected chi connectivity index (χ2v) is 3.91. The molecule has 1 aromatic rings. The van der Waals surface area contributed by atoms with Gasteiger partial charge in [-0.3, -0.25) is 4.99 Å². The Bertz CT molecular complexity index is 423. The molecule has 1 rings (SSSR count). The van der Waals surface area contributed by atoms with E-state index in [0.717, 1.165) is 17.9 Å². The van der Waals surface area contributed by atoms with E-state index < -0.39 is 0 Å². The standard InChI is InChI=1S/C14H22N4O.HI/c1-4-8-17-14(15-3)18-11-12-7-6-9-16-13(12)19-10-5-2;/h4,6-7,9H,1,5,8,10-11H2,2-3H3,(H2,15,17,18);1H. The van der Waals surface area contributed by atoms with E-state index in [-0.39, 0.29) is 24.0 Å². The fraction of sp³-hybridized carbons (Fsp3) is 0.429. The maximum absolute atomic E-state index is 5.61. The quantitative estimate of drug-likeness (QED) is 0.325. The van der Waals surface area contributed by atoms with E-state index in [2.05, 4.69) is 34.1 Å². The second kappa shape index (κ2) is 11.5. The number of pyridine rings is 1. The fourth-order valence-corrected chi connectivity index (χ4v) is 1.46. The molecule has 0 radical (unpaired) electrons. The number of rotatable bonds is 7. The van der Waals surface area contributed by atoms with Crippen molar-refractivity contribution in [2.24, 2.45) is 4.99 Å². The average Bonchev–Trinajstić information content (AvgIpc) is 2.46. The molecule has 2 N–H and O–H groups in total. The zero-order valence-corrected chi connectivity index (χ0v) is 14.4. The van der Waals surface area contributed by atoms with Crippen molar-refractivity contribution in [3.63, 3.8) is 0 Å². The highest BCUT2D eigenvalue weighted by atomic mass is 127. The van der Waals surface area contributed by atoms with Gasteiger partial charge in [0.15, 0.2) is 5.96 Å². The Balaban J connectivity index is 0.00000361. The largest absolute Gasteiger partial charge is 0.477 e. The molecule has 0 saturated heterocycles. The third-order valence-corrected chi connectivity index (χ3v) is 2.38. The molecular weight excluding hydrogens is 367 g/mol.